The molecule has 10 heteroatoms. The van der Waals surface area contributed by atoms with Crippen LogP contribution in [-0.4, -0.2) is 16.2 Å². The number of aryl methyl sites for hydroxylation is 2. The Labute approximate surface area is 147 Å². The summed E-state index contributed by atoms with van der Waals surface area (Å²) in [6, 6.07) is 0. The van der Waals surface area contributed by atoms with Crippen molar-refractivity contribution in [1.29, 1.82) is 0 Å². The van der Waals surface area contributed by atoms with Gasteiger partial charge < -0.3 is 0 Å². The van der Waals surface area contributed by atoms with E-state index in [1.807, 2.05) is 0 Å². The lowest BCUT2D eigenvalue weighted by molar-refractivity contribution is 0.377. The van der Waals surface area contributed by atoms with Crippen molar-refractivity contribution in [1.82, 2.24) is 9.97 Å². The molecule has 2 heterocycles. The van der Waals surface area contributed by atoms with Crippen molar-refractivity contribution in [3.63, 3.8) is 0 Å². The predicted molar refractivity (Wildman–Crippen MR) is 86.9 cm³/mol. The number of nitrogens with one attached hydrogen (secondary N) is 1. The van der Waals surface area contributed by atoms with Crippen LogP contribution in [0.25, 0.3) is 10.2 Å². The number of hydrazone groups is 1. The average Bonchev–Trinajstić information content (AvgIpc) is 3.22. The molecule has 0 unspecified atom stereocenters. The molecule has 1 aliphatic rings. The topological polar surface area (TPSA) is 50.2 Å². The van der Waals surface area contributed by atoms with Crippen molar-refractivity contribution in [2.75, 3.05) is 5.43 Å². The van der Waals surface area contributed by atoms with E-state index in [4.69, 9.17) is 0 Å². The molecule has 0 saturated carbocycles. The molecule has 0 atom stereocenters. The second-order valence-corrected chi connectivity index (χ2v) is 6.70. The van der Waals surface area contributed by atoms with Crippen LogP contribution < -0.4 is 5.43 Å². The van der Waals surface area contributed by atoms with Crippen molar-refractivity contribution in [2.45, 2.75) is 19.3 Å². The quantitative estimate of drug-likeness (QED) is 0.241. The average molecular weight is 384 g/mol. The lowest BCUT2D eigenvalue weighted by Gasteiger charge is -2.05. The molecule has 0 bridgehead atoms. The number of thiophene rings is 1. The fraction of sp³-hybridized carbons (Fsp3) is 0.188. The number of fused-ring (bicyclic) bond motifs is 3. The molecule has 4 nitrogen and oxygen atoms in total. The first-order valence-electron chi connectivity index (χ1n) is 7.54. The Morgan fingerprint density at radius 2 is 1.65 bits per heavy atom. The van der Waals surface area contributed by atoms with Gasteiger partial charge in [0.15, 0.2) is 29.1 Å². The highest BCUT2D eigenvalue weighted by atomic mass is 32.1. The standard InChI is InChI=1S/C16H9F5N4S/c17-10-7(11(18)13(20)14(21)12(10)19)4-24-25-15-9-6-2-1-3-8(6)26-16(9)23-5-22-15/h4-5H,1-3H2,(H,22,23,25). The maximum absolute atomic E-state index is 13.6. The monoisotopic (exact) mass is 384 g/mol. The molecule has 0 amide bonds. The molecule has 0 saturated heterocycles. The van der Waals surface area contributed by atoms with E-state index in [1.165, 1.54) is 22.5 Å². The minimum absolute atomic E-state index is 0.314. The van der Waals surface area contributed by atoms with Gasteiger partial charge in [0.25, 0.3) is 0 Å². The summed E-state index contributed by atoms with van der Waals surface area (Å²) in [6.45, 7) is 0. The summed E-state index contributed by atoms with van der Waals surface area (Å²) >= 11 is 1.54. The van der Waals surface area contributed by atoms with Gasteiger partial charge in [-0.3, -0.25) is 5.43 Å². The van der Waals surface area contributed by atoms with Gasteiger partial charge >= 0.3 is 0 Å². The largest absolute Gasteiger partial charge is 0.261 e. The third-order valence-corrected chi connectivity index (χ3v) is 5.31. The zero-order chi connectivity index (χ0) is 18.4. The van der Waals surface area contributed by atoms with Gasteiger partial charge in [0.2, 0.25) is 5.82 Å². The van der Waals surface area contributed by atoms with Crippen LogP contribution >= 0.6 is 11.3 Å². The molecule has 1 N–H and O–H groups in total. The minimum Gasteiger partial charge on any atom is -0.261 e. The number of hydrogen-bond donors (Lipinski definition) is 1. The van der Waals surface area contributed by atoms with Crippen molar-refractivity contribution in [2.24, 2.45) is 5.10 Å². The Morgan fingerprint density at radius 3 is 2.38 bits per heavy atom. The molecule has 134 valence electrons. The van der Waals surface area contributed by atoms with E-state index in [1.54, 1.807) is 0 Å². The number of benzene rings is 1. The van der Waals surface area contributed by atoms with Crippen molar-refractivity contribution in [3.05, 3.63) is 51.4 Å². The van der Waals surface area contributed by atoms with Gasteiger partial charge in [0.05, 0.1) is 17.2 Å². The molecule has 26 heavy (non-hydrogen) atoms. The Bertz CT molecular complexity index is 1030. The van der Waals surface area contributed by atoms with Crippen molar-refractivity contribution in [3.8, 4) is 0 Å². The Balaban J connectivity index is 1.70. The fourth-order valence-electron chi connectivity index (χ4n) is 2.91. The number of aromatic nitrogens is 2. The summed E-state index contributed by atoms with van der Waals surface area (Å²) in [6.07, 6.45) is 4.67. The summed E-state index contributed by atoms with van der Waals surface area (Å²) in [4.78, 5) is 10.2. The van der Waals surface area contributed by atoms with Gasteiger partial charge in [0.1, 0.15) is 11.2 Å². The smallest absolute Gasteiger partial charge is 0.200 e. The van der Waals surface area contributed by atoms with Crippen LogP contribution in [0.15, 0.2) is 11.4 Å². The van der Waals surface area contributed by atoms with Crippen LogP contribution in [0.5, 0.6) is 0 Å². The highest BCUT2D eigenvalue weighted by Gasteiger charge is 2.25. The predicted octanol–water partition coefficient (Wildman–Crippen LogP) is 4.32. The zero-order valence-electron chi connectivity index (χ0n) is 12.9. The molecular formula is C16H9F5N4S. The lowest BCUT2D eigenvalue weighted by atomic mass is 10.2. The van der Waals surface area contributed by atoms with Crippen LogP contribution in [0, 0.1) is 29.1 Å². The Kier molecular flexibility index (Phi) is 4.06. The van der Waals surface area contributed by atoms with E-state index >= 15 is 0 Å². The normalized spacial score (nSPS) is 13.7. The number of anilines is 1. The summed E-state index contributed by atoms with van der Waals surface area (Å²) in [5, 5.41) is 4.37. The molecule has 4 rings (SSSR count). The molecule has 2 aromatic heterocycles. The van der Waals surface area contributed by atoms with Gasteiger partial charge in [-0.1, -0.05) is 0 Å². The second-order valence-electron chi connectivity index (χ2n) is 5.61. The van der Waals surface area contributed by atoms with Crippen LogP contribution in [0.1, 0.15) is 22.4 Å². The van der Waals surface area contributed by atoms with Gasteiger partial charge in [-0.2, -0.15) is 5.10 Å². The van der Waals surface area contributed by atoms with Crippen molar-refractivity contribution < 1.29 is 22.0 Å². The van der Waals surface area contributed by atoms with Crippen LogP contribution in [0.3, 0.4) is 0 Å². The summed E-state index contributed by atoms with van der Waals surface area (Å²) in [7, 11) is 0. The van der Waals surface area contributed by atoms with Gasteiger partial charge in [-0.25, -0.2) is 31.9 Å². The first-order chi connectivity index (χ1) is 12.5. The van der Waals surface area contributed by atoms with Gasteiger partial charge in [-0.15, -0.1) is 11.3 Å². The third kappa shape index (κ3) is 2.52. The summed E-state index contributed by atoms with van der Waals surface area (Å²) in [5.74, 6) is -9.84. The van der Waals surface area contributed by atoms with E-state index < -0.39 is 34.6 Å². The highest BCUT2D eigenvalue weighted by Crippen LogP contribution is 2.39. The first kappa shape index (κ1) is 16.8. The number of rotatable bonds is 3. The molecule has 0 aliphatic heterocycles. The van der Waals surface area contributed by atoms with Gasteiger partial charge in [0, 0.05) is 4.88 Å². The third-order valence-electron chi connectivity index (χ3n) is 4.11. The first-order valence-corrected chi connectivity index (χ1v) is 8.36. The Hall–Kier alpha value is -2.62. The number of hydrogen-bond acceptors (Lipinski definition) is 5. The van der Waals surface area contributed by atoms with Gasteiger partial charge in [-0.05, 0) is 24.8 Å². The highest BCUT2D eigenvalue weighted by molar-refractivity contribution is 7.19. The number of nitrogens with zero attached hydrogens (tertiary/aromatic N) is 3. The molecule has 3 aromatic rings. The van der Waals surface area contributed by atoms with E-state index in [-0.39, 0.29) is 0 Å². The second kappa shape index (κ2) is 6.27. The van der Waals surface area contributed by atoms with E-state index in [9.17, 15) is 22.0 Å². The van der Waals surface area contributed by atoms with Crippen LogP contribution in [0.2, 0.25) is 0 Å². The Morgan fingerprint density at radius 1 is 0.962 bits per heavy atom. The number of halogens is 5. The maximum Gasteiger partial charge on any atom is 0.200 e. The molecule has 0 radical (unpaired) electrons. The minimum atomic E-state index is -2.21. The molecule has 0 fully saturated rings. The van der Waals surface area contributed by atoms with E-state index in [2.05, 4.69) is 20.5 Å². The maximum atomic E-state index is 13.6. The SMILES string of the molecule is Fc1c(F)c(F)c(C=NNc2ncnc3sc4c(c23)CCC4)c(F)c1F. The van der Waals surface area contributed by atoms with Crippen LogP contribution in [-0.2, 0) is 12.8 Å². The molecule has 0 spiro atoms. The molecule has 1 aliphatic carbocycles. The fourth-order valence-corrected chi connectivity index (χ4v) is 4.14. The summed E-state index contributed by atoms with van der Waals surface area (Å²) < 4.78 is 66.8. The summed E-state index contributed by atoms with van der Waals surface area (Å²) in [5.41, 5.74) is 2.48. The molecule has 1 aromatic carbocycles. The van der Waals surface area contributed by atoms with E-state index in [0.29, 0.717) is 12.0 Å². The van der Waals surface area contributed by atoms with Crippen molar-refractivity contribution >= 4 is 33.6 Å². The van der Waals surface area contributed by atoms with E-state index in [0.717, 1.165) is 35.0 Å². The zero-order valence-corrected chi connectivity index (χ0v) is 13.7. The lowest BCUT2D eigenvalue weighted by Crippen LogP contribution is -2.07. The van der Waals surface area contributed by atoms with Crippen LogP contribution in [0.4, 0.5) is 27.8 Å². The molecular weight excluding hydrogens is 375 g/mol.